The van der Waals surface area contributed by atoms with Gasteiger partial charge in [-0.25, -0.2) is 0 Å². The highest BCUT2D eigenvalue weighted by atomic mass is 31.2. The molecule has 4 atom stereocenters. The van der Waals surface area contributed by atoms with E-state index in [1.807, 2.05) is 36.4 Å². The van der Waals surface area contributed by atoms with Gasteiger partial charge in [-0.1, -0.05) is 80.1 Å². The number of hydrogen-bond donors (Lipinski definition) is 0. The van der Waals surface area contributed by atoms with Crippen LogP contribution in [0.2, 0.25) is 0 Å². The normalized spacial score (nSPS) is 30.9. The quantitative estimate of drug-likeness (QED) is 0.520. The summed E-state index contributed by atoms with van der Waals surface area (Å²) in [6.45, 7) is 6.67. The van der Waals surface area contributed by atoms with Crippen LogP contribution >= 0.6 is 7.14 Å². The Morgan fingerprint density at radius 3 is 2.29 bits per heavy atom. The van der Waals surface area contributed by atoms with Gasteiger partial charge in [0.2, 0.25) is 0 Å². The molecular formula is C25H28NOP. The van der Waals surface area contributed by atoms with Crippen LogP contribution in [0.25, 0.3) is 5.31 Å². The summed E-state index contributed by atoms with van der Waals surface area (Å²) in [5.74, 6) is 0.715. The standard InChI is InChI=1S/C25H28NOP/c1-18-16-22(23-21(14-15-26)25(23,2)3)28(27,17-19-10-6-4-7-11-19)24(18)20-12-8-5-9-13-20/h4-13,21-23H,14,16-17H2,1-3H3/t21-,22?,23-,28?/m1/s1. The number of hydrogen-bond acceptors (Lipinski definition) is 2. The summed E-state index contributed by atoms with van der Waals surface area (Å²) in [5, 5.41) is 10.4. The van der Waals surface area contributed by atoms with Gasteiger partial charge in [0.15, 0.2) is 0 Å². The number of benzene rings is 2. The average molecular weight is 389 g/mol. The van der Waals surface area contributed by atoms with Crippen LogP contribution in [0.3, 0.4) is 0 Å². The Morgan fingerprint density at radius 1 is 1.07 bits per heavy atom. The molecule has 0 N–H and O–H groups in total. The molecule has 1 aliphatic heterocycles. The van der Waals surface area contributed by atoms with Gasteiger partial charge in [0.1, 0.15) is 7.14 Å². The second kappa shape index (κ2) is 7.06. The van der Waals surface area contributed by atoms with Crippen molar-refractivity contribution in [1.82, 2.24) is 0 Å². The molecule has 2 aromatic rings. The van der Waals surface area contributed by atoms with Crippen LogP contribution in [-0.4, -0.2) is 5.66 Å². The minimum atomic E-state index is -2.65. The molecule has 1 fully saturated rings. The SMILES string of the molecule is CC1=C(c2ccccc2)P(=O)(Cc2ccccc2)C([C@H]2[C@@H](CC#N)C2(C)C)C1. The van der Waals surface area contributed by atoms with Gasteiger partial charge < -0.3 is 4.57 Å². The monoisotopic (exact) mass is 389 g/mol. The first kappa shape index (κ1) is 19.2. The molecule has 144 valence electrons. The van der Waals surface area contributed by atoms with Crippen molar-refractivity contribution in [3.05, 3.63) is 77.4 Å². The lowest BCUT2D eigenvalue weighted by molar-refractivity contribution is 0.511. The van der Waals surface area contributed by atoms with Crippen molar-refractivity contribution in [2.24, 2.45) is 17.3 Å². The summed E-state index contributed by atoms with van der Waals surface area (Å²) in [7, 11) is -2.65. The zero-order valence-corrected chi connectivity index (χ0v) is 17.8. The Balaban J connectivity index is 1.78. The van der Waals surface area contributed by atoms with Gasteiger partial charge >= 0.3 is 0 Å². The molecule has 4 rings (SSSR count). The topological polar surface area (TPSA) is 40.9 Å². The van der Waals surface area contributed by atoms with Crippen LogP contribution in [-0.2, 0) is 10.7 Å². The highest BCUT2D eigenvalue weighted by molar-refractivity contribution is 7.74. The molecule has 1 saturated carbocycles. The summed E-state index contributed by atoms with van der Waals surface area (Å²) in [4.78, 5) is 0. The Hall–Kier alpha value is -2.10. The lowest BCUT2D eigenvalue weighted by atomic mass is 10.0. The van der Waals surface area contributed by atoms with Crippen molar-refractivity contribution in [2.75, 3.05) is 0 Å². The number of nitrogens with zero attached hydrogens (tertiary/aromatic N) is 1. The molecule has 0 amide bonds. The first-order valence-corrected chi connectivity index (χ1v) is 12.1. The molecule has 28 heavy (non-hydrogen) atoms. The Bertz CT molecular complexity index is 984. The predicted octanol–water partition coefficient (Wildman–Crippen LogP) is 6.94. The van der Waals surface area contributed by atoms with Crippen LogP contribution in [0.5, 0.6) is 0 Å². The summed E-state index contributed by atoms with van der Waals surface area (Å²) in [6.07, 6.45) is 2.08. The van der Waals surface area contributed by atoms with E-state index in [9.17, 15) is 9.83 Å². The highest BCUT2D eigenvalue weighted by Gasteiger charge is 2.65. The van der Waals surface area contributed by atoms with Crippen molar-refractivity contribution in [2.45, 2.75) is 45.4 Å². The van der Waals surface area contributed by atoms with Crippen LogP contribution < -0.4 is 0 Å². The van der Waals surface area contributed by atoms with Crippen LogP contribution in [0.15, 0.2) is 66.2 Å². The van der Waals surface area contributed by atoms with Crippen LogP contribution in [0.1, 0.15) is 44.7 Å². The zero-order chi connectivity index (χ0) is 19.9. The largest absolute Gasteiger partial charge is 0.318 e. The maximum Gasteiger partial charge on any atom is 0.123 e. The second-order valence-corrected chi connectivity index (χ2v) is 12.0. The maximum atomic E-state index is 14.8. The molecule has 0 bridgehead atoms. The lowest BCUT2D eigenvalue weighted by Crippen LogP contribution is -2.13. The molecule has 0 spiro atoms. The van der Waals surface area contributed by atoms with E-state index in [-0.39, 0.29) is 11.1 Å². The van der Waals surface area contributed by atoms with Crippen molar-refractivity contribution < 1.29 is 4.57 Å². The predicted molar refractivity (Wildman–Crippen MR) is 116 cm³/mol. The van der Waals surface area contributed by atoms with Gasteiger partial charge in [-0.3, -0.25) is 0 Å². The third-order valence-electron chi connectivity index (χ3n) is 7.01. The first-order chi connectivity index (χ1) is 13.4. The molecule has 2 nitrogen and oxygen atoms in total. The van der Waals surface area contributed by atoms with E-state index in [2.05, 4.69) is 51.1 Å². The van der Waals surface area contributed by atoms with Gasteiger partial charge in [-0.15, -0.1) is 0 Å². The third-order valence-corrected chi connectivity index (χ3v) is 10.8. The zero-order valence-electron chi connectivity index (χ0n) is 16.9. The molecule has 2 aromatic carbocycles. The highest BCUT2D eigenvalue weighted by Crippen LogP contribution is 2.79. The fourth-order valence-corrected chi connectivity index (χ4v) is 10.1. The Kier molecular flexibility index (Phi) is 4.84. The molecule has 0 saturated heterocycles. The summed E-state index contributed by atoms with van der Waals surface area (Å²) in [6, 6.07) is 22.9. The van der Waals surface area contributed by atoms with Gasteiger partial charge in [-0.05, 0) is 41.7 Å². The van der Waals surface area contributed by atoms with Gasteiger partial charge in [-0.2, -0.15) is 5.26 Å². The van der Waals surface area contributed by atoms with Crippen molar-refractivity contribution >= 4 is 12.5 Å². The molecule has 0 radical (unpaired) electrons. The summed E-state index contributed by atoms with van der Waals surface area (Å²) < 4.78 is 14.8. The fourth-order valence-electron chi connectivity index (χ4n) is 5.58. The van der Waals surface area contributed by atoms with Gasteiger partial charge in [0.25, 0.3) is 0 Å². The molecule has 1 aliphatic carbocycles. The smallest absolute Gasteiger partial charge is 0.123 e. The first-order valence-electron chi connectivity index (χ1n) is 10.1. The molecule has 0 aromatic heterocycles. The van der Waals surface area contributed by atoms with Gasteiger partial charge in [0.05, 0.1) is 6.07 Å². The maximum absolute atomic E-state index is 14.8. The van der Waals surface area contributed by atoms with E-state index in [1.165, 1.54) is 5.57 Å². The molecule has 3 heteroatoms. The van der Waals surface area contributed by atoms with Gasteiger partial charge in [0, 0.05) is 23.6 Å². The number of nitriles is 1. The van der Waals surface area contributed by atoms with Crippen LogP contribution in [0, 0.1) is 28.6 Å². The number of allylic oxidation sites excluding steroid dienone is 1. The second-order valence-electron chi connectivity index (χ2n) is 9.02. The molecule has 1 heterocycles. The molecule has 2 aliphatic rings. The van der Waals surface area contributed by atoms with Crippen molar-refractivity contribution in [3.8, 4) is 6.07 Å². The van der Waals surface area contributed by atoms with E-state index in [4.69, 9.17) is 0 Å². The van der Waals surface area contributed by atoms with E-state index in [0.29, 0.717) is 24.4 Å². The molecular weight excluding hydrogens is 361 g/mol. The van der Waals surface area contributed by atoms with Crippen molar-refractivity contribution in [3.63, 3.8) is 0 Å². The molecule has 2 unspecified atom stereocenters. The van der Waals surface area contributed by atoms with Crippen LogP contribution in [0.4, 0.5) is 0 Å². The number of rotatable bonds is 5. The average Bonchev–Trinajstić information content (AvgIpc) is 3.10. The minimum Gasteiger partial charge on any atom is -0.318 e. The summed E-state index contributed by atoms with van der Waals surface area (Å²) in [5.41, 5.74) is 3.77. The minimum absolute atomic E-state index is 0.0964. The Morgan fingerprint density at radius 2 is 1.68 bits per heavy atom. The van der Waals surface area contributed by atoms with Crippen molar-refractivity contribution in [1.29, 1.82) is 5.26 Å². The summed E-state index contributed by atoms with van der Waals surface area (Å²) >= 11 is 0. The van der Waals surface area contributed by atoms with E-state index in [1.54, 1.807) is 0 Å². The lowest BCUT2D eigenvalue weighted by Gasteiger charge is -2.26. The third kappa shape index (κ3) is 3.07. The van der Waals surface area contributed by atoms with E-state index < -0.39 is 7.14 Å². The fraction of sp³-hybridized carbons (Fsp3) is 0.400. The Labute approximate surface area is 168 Å². The van der Waals surface area contributed by atoms with E-state index >= 15 is 0 Å². The van der Waals surface area contributed by atoms with E-state index in [0.717, 1.165) is 22.9 Å².